The molecule has 0 aromatic rings. The standard InChI is InChI=1S/Al.Ca.H2O4S.O.3H/c;;1-5(2,3)4;;;;/h;;(H2,1,2,3,4);;;;. The van der Waals surface area contributed by atoms with Gasteiger partial charge < -0.3 is 0 Å². The molecule has 0 aliphatic heterocycles. The molecule has 0 rings (SSSR count). The third-order valence-corrected chi connectivity index (χ3v) is 0. The molecule has 0 aromatic heterocycles. The Bertz CT molecular complexity index is 106. The summed E-state index contributed by atoms with van der Waals surface area (Å²) < 4.78 is 39.9. The summed E-state index contributed by atoms with van der Waals surface area (Å²) in [6, 6.07) is 0. The Balaban J connectivity index is -0.0000000750. The van der Waals surface area contributed by atoms with Crippen molar-refractivity contribution in [3.8, 4) is 0 Å². The summed E-state index contributed by atoms with van der Waals surface area (Å²) in [5, 5.41) is 0. The molecule has 0 saturated carbocycles. The first kappa shape index (κ1) is 16.2. The van der Waals surface area contributed by atoms with Crippen LogP contribution in [0.1, 0.15) is 0 Å². The van der Waals surface area contributed by atoms with Gasteiger partial charge in [-0.2, -0.15) is 8.42 Å². The molecule has 5 nitrogen and oxygen atoms in total. The van der Waals surface area contributed by atoms with Gasteiger partial charge in [0.05, 0.1) is 0 Å². The summed E-state index contributed by atoms with van der Waals surface area (Å²) in [5.41, 5.74) is 0. The van der Waals surface area contributed by atoms with Crippen molar-refractivity contribution in [2.45, 2.75) is 0 Å². The van der Waals surface area contributed by atoms with Crippen LogP contribution in [0.15, 0.2) is 0 Å². The second-order valence-corrected chi connectivity index (χ2v) is 1.34. The van der Waals surface area contributed by atoms with E-state index in [4.69, 9.17) is 21.3 Å². The third kappa shape index (κ3) is 146. The van der Waals surface area contributed by atoms with Crippen LogP contribution in [0.25, 0.3) is 0 Å². The van der Waals surface area contributed by atoms with Gasteiger partial charge in [-0.15, -0.1) is 0 Å². The zero-order valence-corrected chi connectivity index (χ0v) is 5.47. The summed E-state index contributed by atoms with van der Waals surface area (Å²) in [7, 11) is -4.67. The molecule has 2 N–H and O–H groups in total. The van der Waals surface area contributed by atoms with E-state index in [0.29, 0.717) is 16.2 Å². The van der Waals surface area contributed by atoms with Crippen molar-refractivity contribution in [2.75, 3.05) is 0 Å². The zero-order chi connectivity index (χ0) is 6.50. The van der Waals surface area contributed by atoms with Gasteiger partial charge in [-0.1, -0.05) is 0 Å². The average molecular weight is 184 g/mol. The molecule has 0 spiro atoms. The Kier molecular flexibility index (Phi) is 17.2. The first-order valence-corrected chi connectivity index (χ1v) is 2.96. The molecule has 8 heteroatoms. The van der Waals surface area contributed by atoms with Crippen LogP contribution in [0.2, 0.25) is 0 Å². The summed E-state index contributed by atoms with van der Waals surface area (Å²) in [6.07, 6.45) is 0. The van der Waals surface area contributed by atoms with E-state index in [1.807, 2.05) is 0 Å². The van der Waals surface area contributed by atoms with Crippen LogP contribution in [0.5, 0.6) is 0 Å². The van der Waals surface area contributed by atoms with E-state index in [1.54, 1.807) is 0 Å². The minimum atomic E-state index is -4.67. The fourth-order valence-electron chi connectivity index (χ4n) is 0. The topological polar surface area (TPSA) is 91.7 Å². The maximum absolute atomic E-state index is 8.74. The van der Waals surface area contributed by atoms with E-state index >= 15 is 0 Å². The van der Waals surface area contributed by atoms with Crippen LogP contribution in [0.3, 0.4) is 0 Å². The van der Waals surface area contributed by atoms with Gasteiger partial charge in [0.1, 0.15) is 0 Å². The second kappa shape index (κ2) is 8.46. The molecule has 0 aromatic carbocycles. The quantitative estimate of drug-likeness (QED) is 0.325. The van der Waals surface area contributed by atoms with Gasteiger partial charge in [0.25, 0.3) is 0 Å². The average Bonchev–Trinajstić information content (AvgIpc) is 1.36. The third-order valence-electron chi connectivity index (χ3n) is 0. The summed E-state index contributed by atoms with van der Waals surface area (Å²) in [6.45, 7) is 0. The molecular weight excluding hydrogens is 179 g/mol. The molecule has 0 aliphatic carbocycles. The number of hydrogen-bond donors (Lipinski definition) is 2. The molecule has 0 fully saturated rings. The first-order valence-electron chi connectivity index (χ1n) is 0.987. The predicted molar refractivity (Wildman–Crippen MR) is 30.6 cm³/mol. The monoisotopic (exact) mass is 184 g/mol. The molecule has 0 radical (unpaired) electrons. The van der Waals surface area contributed by atoms with Gasteiger partial charge in [-0.3, -0.25) is 9.11 Å². The summed E-state index contributed by atoms with van der Waals surface area (Å²) in [4.78, 5) is 0. The van der Waals surface area contributed by atoms with E-state index in [2.05, 4.69) is 0 Å². The van der Waals surface area contributed by atoms with Crippen molar-refractivity contribution in [3.63, 3.8) is 0 Å². The van der Waals surface area contributed by atoms with Gasteiger partial charge in [0.2, 0.25) is 0 Å². The van der Waals surface area contributed by atoms with Gasteiger partial charge in [0.15, 0.2) is 0 Å². The van der Waals surface area contributed by atoms with Crippen LogP contribution in [-0.4, -0.2) is 71.5 Å². The van der Waals surface area contributed by atoms with E-state index in [1.165, 1.54) is 0 Å². The predicted octanol–water partition coefficient (Wildman–Crippen LogP) is -2.34. The Morgan fingerprint density at radius 2 is 1.12 bits per heavy atom. The van der Waals surface area contributed by atoms with E-state index in [0.717, 1.165) is 0 Å². The van der Waals surface area contributed by atoms with Crippen molar-refractivity contribution in [2.24, 2.45) is 0 Å². The van der Waals surface area contributed by atoms with Crippen LogP contribution >= 0.6 is 0 Å². The Morgan fingerprint density at radius 3 is 1.12 bits per heavy atom. The van der Waals surface area contributed by atoms with Crippen LogP contribution in [0, 0.1) is 0 Å². The molecule has 8 heavy (non-hydrogen) atoms. The van der Waals surface area contributed by atoms with Crippen molar-refractivity contribution in [3.05, 3.63) is 0 Å². The first-order chi connectivity index (χ1) is 3.00. The summed E-state index contributed by atoms with van der Waals surface area (Å²) >= 11 is 0.611. The Morgan fingerprint density at radius 1 is 1.12 bits per heavy atom. The fraction of sp³-hybridized carbons (Fsp3) is 0. The van der Waals surface area contributed by atoms with E-state index in [9.17, 15) is 0 Å². The summed E-state index contributed by atoms with van der Waals surface area (Å²) in [5.74, 6) is 0. The van der Waals surface area contributed by atoms with Crippen molar-refractivity contribution in [1.82, 2.24) is 0 Å². The Hall–Kier alpha value is 1.46. The molecule has 0 atom stereocenters. The molecule has 0 aliphatic rings. The van der Waals surface area contributed by atoms with Gasteiger partial charge >= 0.3 is 68.2 Å². The zero-order valence-electron chi connectivity index (χ0n) is 3.23. The van der Waals surface area contributed by atoms with Crippen molar-refractivity contribution >= 4 is 64.4 Å². The number of rotatable bonds is 0. The van der Waals surface area contributed by atoms with Crippen molar-refractivity contribution in [1.29, 1.82) is 0 Å². The van der Waals surface area contributed by atoms with Crippen LogP contribution < -0.4 is 0 Å². The van der Waals surface area contributed by atoms with Crippen LogP contribution in [0.4, 0.5) is 0 Å². The van der Waals surface area contributed by atoms with E-state index < -0.39 is 10.4 Å². The Labute approximate surface area is 84.7 Å². The maximum atomic E-state index is 8.74. The molecule has 0 saturated heterocycles. The van der Waals surface area contributed by atoms with E-state index in [-0.39, 0.29) is 37.7 Å². The molecule has 0 unspecified atom stereocenters. The minimum absolute atomic E-state index is 0. The normalized spacial score (nSPS) is 7.62. The SMILES string of the molecule is O=S(=O)(O)O.[CaH2].[O]=[AlH]. The van der Waals surface area contributed by atoms with Gasteiger partial charge in [-0.05, 0) is 0 Å². The van der Waals surface area contributed by atoms with Crippen molar-refractivity contribution < 1.29 is 21.3 Å². The van der Waals surface area contributed by atoms with Gasteiger partial charge in [-0.25, -0.2) is 0 Å². The molecule has 0 heterocycles. The molecular formula is H5AlCaO5S. The molecule has 0 amide bonds. The fourth-order valence-corrected chi connectivity index (χ4v) is 0. The number of hydrogen-bond acceptors (Lipinski definition) is 3. The second-order valence-electron chi connectivity index (χ2n) is 0.448. The van der Waals surface area contributed by atoms with Gasteiger partial charge in [0, 0.05) is 0 Å². The molecule has 46 valence electrons. The van der Waals surface area contributed by atoms with Crippen LogP contribution in [-0.2, 0) is 14.2 Å². The molecule has 0 bridgehead atoms.